The van der Waals surface area contributed by atoms with Crippen molar-refractivity contribution in [1.82, 2.24) is 24.1 Å². The summed E-state index contributed by atoms with van der Waals surface area (Å²) in [5.74, 6) is -0.425. The van der Waals surface area contributed by atoms with Gasteiger partial charge in [0, 0.05) is 37.6 Å². The minimum Gasteiger partial charge on any atom is -0.348 e. The van der Waals surface area contributed by atoms with E-state index in [-0.39, 0.29) is 18.2 Å². The van der Waals surface area contributed by atoms with Crippen LogP contribution in [0.3, 0.4) is 0 Å². The van der Waals surface area contributed by atoms with E-state index in [4.69, 9.17) is 5.73 Å². The summed E-state index contributed by atoms with van der Waals surface area (Å²) in [7, 11) is -3.93. The van der Waals surface area contributed by atoms with Crippen molar-refractivity contribution in [2.45, 2.75) is 76.8 Å². The summed E-state index contributed by atoms with van der Waals surface area (Å²) in [6.45, 7) is 4.38. The number of aromatic nitrogens is 2. The first kappa shape index (κ1) is 23.0. The number of carbonyl (C=O) groups excluding carboxylic acids is 1. The van der Waals surface area contributed by atoms with E-state index in [1.165, 1.54) is 4.31 Å². The number of amides is 1. The number of aryl methyl sites for hydroxylation is 1. The topological polar surface area (TPSA) is 122 Å². The lowest BCUT2D eigenvalue weighted by atomic mass is 9.96. The molecule has 0 aliphatic carbocycles. The summed E-state index contributed by atoms with van der Waals surface area (Å²) in [6, 6.07) is 0.626. The van der Waals surface area contributed by atoms with Crippen LogP contribution in [0.4, 0.5) is 4.39 Å². The second-order valence-electron chi connectivity index (χ2n) is 8.02. The average molecular weight is 443 g/mol. The Morgan fingerprint density at radius 3 is 2.63 bits per heavy atom. The van der Waals surface area contributed by atoms with Crippen LogP contribution in [0.5, 0.6) is 0 Å². The number of halogens is 1. The number of hydrogen-bond acceptors (Lipinski definition) is 6. The molecule has 2 aliphatic rings. The van der Waals surface area contributed by atoms with Crippen LogP contribution < -0.4 is 11.1 Å². The molecule has 1 aromatic rings. The first-order valence-electron chi connectivity index (χ1n) is 10.6. The van der Waals surface area contributed by atoms with Crippen LogP contribution in [0.25, 0.3) is 0 Å². The monoisotopic (exact) mass is 442 g/mol. The first-order valence-corrected chi connectivity index (χ1v) is 12.0. The molecule has 0 spiro atoms. The number of carbonyl (C=O) groups is 1. The van der Waals surface area contributed by atoms with Crippen LogP contribution in [0.15, 0.2) is 12.3 Å². The number of alkyl halides is 1. The van der Waals surface area contributed by atoms with Crippen LogP contribution in [-0.2, 0) is 16.6 Å². The summed E-state index contributed by atoms with van der Waals surface area (Å²) in [4.78, 5) is 12.6. The molecule has 1 aromatic heterocycles. The molecule has 3 rings (SSSR count). The predicted molar refractivity (Wildman–Crippen MR) is 110 cm³/mol. The Morgan fingerprint density at radius 2 is 2.00 bits per heavy atom. The van der Waals surface area contributed by atoms with Crippen molar-refractivity contribution in [2.24, 2.45) is 5.73 Å². The molecule has 3 N–H and O–H groups in total. The van der Waals surface area contributed by atoms with Gasteiger partial charge in [-0.25, -0.2) is 4.39 Å². The van der Waals surface area contributed by atoms with Crippen LogP contribution in [0.2, 0.25) is 0 Å². The standard InChI is InChI=1S/C19H31FN6O3S/c1-3-13-9-17(24-22-12-13)19(27)23-15-10-16(4-2)26(18(20)11-15)30(28,29)25-7-5-14(21)6-8-25/h9,12,14-16,18H,3-8,10-11,21H2,1-2H3,(H,23,27)/t15-,16+,18+/m1/s1. The molecule has 9 nitrogen and oxygen atoms in total. The molecule has 0 aromatic carbocycles. The number of nitrogens with zero attached hydrogens (tertiary/aromatic N) is 4. The molecule has 2 fully saturated rings. The van der Waals surface area contributed by atoms with Gasteiger partial charge in [-0.3, -0.25) is 4.79 Å². The Balaban J connectivity index is 1.70. The molecule has 1 amide bonds. The fourth-order valence-corrected chi connectivity index (χ4v) is 6.03. The average Bonchev–Trinajstić information content (AvgIpc) is 2.73. The van der Waals surface area contributed by atoms with Gasteiger partial charge in [-0.1, -0.05) is 13.8 Å². The lowest BCUT2D eigenvalue weighted by Gasteiger charge is -2.43. The first-order chi connectivity index (χ1) is 14.3. The molecular formula is C19H31FN6O3S. The third-order valence-corrected chi connectivity index (χ3v) is 8.00. The molecule has 30 heavy (non-hydrogen) atoms. The fraction of sp³-hybridized carbons (Fsp3) is 0.737. The zero-order valence-electron chi connectivity index (χ0n) is 17.5. The van der Waals surface area contributed by atoms with Crippen LogP contribution >= 0.6 is 0 Å². The molecule has 168 valence electrons. The molecule has 3 heterocycles. The van der Waals surface area contributed by atoms with Crippen LogP contribution in [0.1, 0.15) is 62.0 Å². The summed E-state index contributed by atoms with van der Waals surface area (Å²) in [5, 5.41) is 10.5. The molecule has 0 unspecified atom stereocenters. The Bertz CT molecular complexity index is 846. The molecule has 0 bridgehead atoms. The molecule has 0 saturated carbocycles. The van der Waals surface area contributed by atoms with Crippen molar-refractivity contribution >= 4 is 16.1 Å². The lowest BCUT2D eigenvalue weighted by Crippen LogP contribution is -2.59. The Kier molecular flexibility index (Phi) is 7.38. The SMILES string of the molecule is CCc1cnnc(C(=O)N[C@@H]2C[C@H](CC)N(S(=O)(=O)N3CCC(N)CC3)[C@H](F)C2)c1. The highest BCUT2D eigenvalue weighted by Crippen LogP contribution is 2.31. The third kappa shape index (κ3) is 4.96. The summed E-state index contributed by atoms with van der Waals surface area (Å²) in [6.07, 6.45) is 2.43. The van der Waals surface area contributed by atoms with Gasteiger partial charge in [-0.2, -0.15) is 22.1 Å². The molecule has 3 atom stereocenters. The number of hydrogen-bond donors (Lipinski definition) is 2. The normalized spacial score (nSPS) is 27.1. The largest absolute Gasteiger partial charge is 0.348 e. The Labute approximate surface area is 177 Å². The van der Waals surface area contributed by atoms with E-state index >= 15 is 4.39 Å². The van der Waals surface area contributed by atoms with Crippen molar-refractivity contribution in [1.29, 1.82) is 0 Å². The minimum atomic E-state index is -3.93. The van der Waals surface area contributed by atoms with Crippen molar-refractivity contribution in [2.75, 3.05) is 13.1 Å². The highest BCUT2D eigenvalue weighted by Gasteiger charge is 2.45. The van der Waals surface area contributed by atoms with E-state index in [2.05, 4.69) is 15.5 Å². The molecule has 2 aliphatic heterocycles. The molecule has 11 heteroatoms. The maximum absolute atomic E-state index is 15.2. The third-order valence-electron chi connectivity index (χ3n) is 5.92. The van der Waals surface area contributed by atoms with E-state index < -0.39 is 34.5 Å². The zero-order chi connectivity index (χ0) is 21.9. The second-order valence-corrected chi connectivity index (χ2v) is 9.85. The van der Waals surface area contributed by atoms with Gasteiger partial charge < -0.3 is 11.1 Å². The van der Waals surface area contributed by atoms with E-state index in [0.717, 1.165) is 16.3 Å². The minimum absolute atomic E-state index is 0.0187. The van der Waals surface area contributed by atoms with Gasteiger partial charge in [-0.15, -0.1) is 5.10 Å². The summed E-state index contributed by atoms with van der Waals surface area (Å²) in [5.41, 5.74) is 6.93. The second kappa shape index (κ2) is 9.63. The number of rotatable bonds is 6. The van der Waals surface area contributed by atoms with Gasteiger partial charge in [-0.05, 0) is 43.7 Å². The van der Waals surface area contributed by atoms with Gasteiger partial charge in [0.1, 0.15) is 0 Å². The molecule has 0 radical (unpaired) electrons. The number of nitrogens with two attached hydrogens (primary N) is 1. The van der Waals surface area contributed by atoms with Crippen molar-refractivity contribution in [3.05, 3.63) is 23.5 Å². The predicted octanol–water partition coefficient (Wildman–Crippen LogP) is 0.975. The molecule has 2 saturated heterocycles. The van der Waals surface area contributed by atoms with E-state index in [1.807, 2.05) is 13.8 Å². The van der Waals surface area contributed by atoms with Gasteiger partial charge in [0.25, 0.3) is 16.1 Å². The van der Waals surface area contributed by atoms with Gasteiger partial charge >= 0.3 is 0 Å². The van der Waals surface area contributed by atoms with Gasteiger partial charge in [0.05, 0.1) is 6.20 Å². The van der Waals surface area contributed by atoms with E-state index in [0.29, 0.717) is 38.8 Å². The highest BCUT2D eigenvalue weighted by molar-refractivity contribution is 7.86. The summed E-state index contributed by atoms with van der Waals surface area (Å²) < 4.78 is 43.7. The summed E-state index contributed by atoms with van der Waals surface area (Å²) >= 11 is 0. The van der Waals surface area contributed by atoms with Crippen molar-refractivity contribution < 1.29 is 17.6 Å². The number of piperidine rings is 2. The van der Waals surface area contributed by atoms with Gasteiger partial charge in [0.15, 0.2) is 12.0 Å². The van der Waals surface area contributed by atoms with Crippen LogP contribution in [0, 0.1) is 0 Å². The maximum atomic E-state index is 15.2. The zero-order valence-corrected chi connectivity index (χ0v) is 18.3. The Morgan fingerprint density at radius 1 is 1.30 bits per heavy atom. The van der Waals surface area contributed by atoms with Crippen molar-refractivity contribution in [3.8, 4) is 0 Å². The quantitative estimate of drug-likeness (QED) is 0.634. The Hall–Kier alpha value is -1.69. The van der Waals surface area contributed by atoms with E-state index in [1.54, 1.807) is 12.3 Å². The smallest absolute Gasteiger partial charge is 0.284 e. The highest BCUT2D eigenvalue weighted by atomic mass is 32.2. The van der Waals surface area contributed by atoms with Gasteiger partial charge in [0.2, 0.25) is 0 Å². The number of nitrogens with one attached hydrogen (secondary N) is 1. The van der Waals surface area contributed by atoms with Crippen molar-refractivity contribution in [3.63, 3.8) is 0 Å². The van der Waals surface area contributed by atoms with E-state index in [9.17, 15) is 13.2 Å². The maximum Gasteiger partial charge on any atom is 0.284 e. The van der Waals surface area contributed by atoms with Crippen LogP contribution in [-0.4, -0.2) is 70.6 Å². The fourth-order valence-electron chi connectivity index (χ4n) is 4.10. The molecular weight excluding hydrogens is 411 g/mol. The lowest BCUT2D eigenvalue weighted by molar-refractivity contribution is 0.0472.